The molecule has 0 saturated heterocycles. The van der Waals surface area contributed by atoms with E-state index in [1.165, 1.54) is 32.1 Å². The van der Waals surface area contributed by atoms with Gasteiger partial charge in [-0.3, -0.25) is 4.21 Å². The highest BCUT2D eigenvalue weighted by Crippen LogP contribution is 2.26. The van der Waals surface area contributed by atoms with Crippen molar-refractivity contribution in [3.05, 3.63) is 0 Å². The van der Waals surface area contributed by atoms with Crippen LogP contribution < -0.4 is 5.32 Å². The van der Waals surface area contributed by atoms with Gasteiger partial charge >= 0.3 is 0 Å². The summed E-state index contributed by atoms with van der Waals surface area (Å²) in [7, 11) is 3.01. The minimum absolute atomic E-state index is 0.443. The van der Waals surface area contributed by atoms with Gasteiger partial charge in [0.15, 0.2) is 0 Å². The molecular weight excluding hydrogens is 234 g/mol. The third-order valence-corrected chi connectivity index (χ3v) is 5.15. The Morgan fingerprint density at radius 2 is 2.06 bits per heavy atom. The van der Waals surface area contributed by atoms with Crippen LogP contribution in [0.15, 0.2) is 0 Å². The Kier molecular flexibility index (Phi) is 8.06. The lowest BCUT2D eigenvalue weighted by Crippen LogP contribution is -2.39. The molecule has 1 N–H and O–H groups in total. The summed E-state index contributed by atoms with van der Waals surface area (Å²) in [5.41, 5.74) is 0. The maximum Gasteiger partial charge on any atom is 0.0471 e. The molecule has 3 nitrogen and oxygen atoms in total. The molecule has 2 atom stereocenters. The molecule has 0 heterocycles. The van der Waals surface area contributed by atoms with Crippen molar-refractivity contribution in [1.82, 2.24) is 5.32 Å². The molecule has 1 aliphatic rings. The van der Waals surface area contributed by atoms with Gasteiger partial charge < -0.3 is 10.1 Å². The van der Waals surface area contributed by atoms with Crippen molar-refractivity contribution >= 4 is 10.8 Å². The molecule has 1 rings (SSSR count). The van der Waals surface area contributed by atoms with Gasteiger partial charge in [0.1, 0.15) is 0 Å². The van der Waals surface area contributed by atoms with Crippen LogP contribution in [-0.2, 0) is 15.5 Å². The van der Waals surface area contributed by atoms with E-state index in [1.807, 2.05) is 7.05 Å². The van der Waals surface area contributed by atoms with E-state index in [1.54, 1.807) is 7.11 Å². The van der Waals surface area contributed by atoms with E-state index in [9.17, 15) is 4.21 Å². The van der Waals surface area contributed by atoms with Crippen LogP contribution in [0.4, 0.5) is 0 Å². The van der Waals surface area contributed by atoms with Gasteiger partial charge in [-0.05, 0) is 32.2 Å². The lowest BCUT2D eigenvalue weighted by atomic mass is 9.84. The van der Waals surface area contributed by atoms with Crippen molar-refractivity contribution in [2.75, 3.05) is 32.3 Å². The van der Waals surface area contributed by atoms with Gasteiger partial charge in [-0.25, -0.2) is 0 Å². The monoisotopic (exact) mass is 261 g/mol. The molecule has 1 aliphatic carbocycles. The molecule has 102 valence electrons. The van der Waals surface area contributed by atoms with Gasteiger partial charge in [-0.1, -0.05) is 19.3 Å². The minimum Gasteiger partial charge on any atom is -0.385 e. The summed E-state index contributed by atoms with van der Waals surface area (Å²) in [6, 6.07) is 0.443. The first-order valence-electron chi connectivity index (χ1n) is 6.79. The lowest BCUT2D eigenvalue weighted by Gasteiger charge is -2.29. The summed E-state index contributed by atoms with van der Waals surface area (Å²) in [4.78, 5) is 0. The number of hydrogen-bond donors (Lipinski definition) is 1. The lowest BCUT2D eigenvalue weighted by molar-refractivity contribution is 0.200. The summed E-state index contributed by atoms with van der Waals surface area (Å²) < 4.78 is 16.9. The Bertz CT molecular complexity index is 217. The fraction of sp³-hybridized carbons (Fsp3) is 1.00. The van der Waals surface area contributed by atoms with E-state index in [4.69, 9.17) is 4.74 Å². The van der Waals surface area contributed by atoms with Gasteiger partial charge in [0.25, 0.3) is 0 Å². The van der Waals surface area contributed by atoms with Crippen LogP contribution in [0.3, 0.4) is 0 Å². The first-order chi connectivity index (χ1) is 8.27. The molecule has 1 saturated carbocycles. The highest BCUT2D eigenvalue weighted by molar-refractivity contribution is 7.85. The minimum atomic E-state index is -0.696. The molecule has 0 aromatic rings. The van der Waals surface area contributed by atoms with Crippen molar-refractivity contribution in [1.29, 1.82) is 0 Å². The van der Waals surface area contributed by atoms with Crippen LogP contribution in [0.25, 0.3) is 0 Å². The smallest absolute Gasteiger partial charge is 0.0471 e. The molecular formula is C13H27NO2S. The van der Waals surface area contributed by atoms with E-state index < -0.39 is 10.8 Å². The summed E-state index contributed by atoms with van der Waals surface area (Å²) in [6.07, 6.45) is 7.59. The topological polar surface area (TPSA) is 38.3 Å². The average Bonchev–Trinajstić information content (AvgIpc) is 2.37. The molecule has 0 aromatic carbocycles. The summed E-state index contributed by atoms with van der Waals surface area (Å²) in [5.74, 6) is 2.32. The molecule has 2 unspecified atom stereocenters. The van der Waals surface area contributed by atoms with Crippen molar-refractivity contribution in [2.45, 2.75) is 44.6 Å². The van der Waals surface area contributed by atoms with Crippen LogP contribution in [-0.4, -0.2) is 42.5 Å². The van der Waals surface area contributed by atoms with Gasteiger partial charge in [-0.15, -0.1) is 0 Å². The van der Waals surface area contributed by atoms with Crippen molar-refractivity contribution in [2.24, 2.45) is 5.92 Å². The molecule has 0 amide bonds. The molecule has 0 bridgehead atoms. The zero-order valence-corrected chi connectivity index (χ0v) is 12.1. The first kappa shape index (κ1) is 15.1. The third kappa shape index (κ3) is 5.98. The zero-order chi connectivity index (χ0) is 12.5. The van der Waals surface area contributed by atoms with E-state index in [0.717, 1.165) is 30.5 Å². The molecule has 4 heteroatoms. The Morgan fingerprint density at radius 3 is 2.65 bits per heavy atom. The number of nitrogens with one attached hydrogen (secondary N) is 1. The third-order valence-electron chi connectivity index (χ3n) is 3.68. The molecule has 0 aliphatic heterocycles. The quantitative estimate of drug-likeness (QED) is 0.679. The van der Waals surface area contributed by atoms with E-state index in [2.05, 4.69) is 5.32 Å². The van der Waals surface area contributed by atoms with Crippen LogP contribution in [0.5, 0.6) is 0 Å². The summed E-state index contributed by atoms with van der Waals surface area (Å²) in [5, 5.41) is 3.37. The largest absolute Gasteiger partial charge is 0.385 e. The van der Waals surface area contributed by atoms with Crippen molar-refractivity contribution in [3.63, 3.8) is 0 Å². The predicted molar refractivity (Wildman–Crippen MR) is 73.8 cm³/mol. The molecule has 0 radical (unpaired) electrons. The van der Waals surface area contributed by atoms with Crippen molar-refractivity contribution in [3.8, 4) is 0 Å². The number of methoxy groups -OCH3 is 1. The fourth-order valence-corrected chi connectivity index (χ4v) is 4.09. The number of hydrogen-bond acceptors (Lipinski definition) is 3. The van der Waals surface area contributed by atoms with E-state index in [-0.39, 0.29) is 0 Å². The van der Waals surface area contributed by atoms with Gasteiger partial charge in [-0.2, -0.15) is 0 Å². The van der Waals surface area contributed by atoms with Gasteiger partial charge in [0.05, 0.1) is 0 Å². The van der Waals surface area contributed by atoms with Crippen LogP contribution in [0.2, 0.25) is 0 Å². The summed E-state index contributed by atoms with van der Waals surface area (Å²) in [6.45, 7) is 0.722. The second kappa shape index (κ2) is 9.06. The molecule has 0 spiro atoms. The van der Waals surface area contributed by atoms with Crippen LogP contribution in [0.1, 0.15) is 38.5 Å². The highest BCUT2D eigenvalue weighted by Gasteiger charge is 2.23. The number of rotatable bonds is 8. The Labute approximate surface area is 108 Å². The standard InChI is InChI=1S/C13H27NO2S/c1-14-13(12-7-4-3-5-8-12)11-17(15)10-6-9-16-2/h12-14H,3-11H2,1-2H3. The van der Waals surface area contributed by atoms with Gasteiger partial charge in [0, 0.05) is 42.1 Å². The van der Waals surface area contributed by atoms with Crippen LogP contribution >= 0.6 is 0 Å². The zero-order valence-electron chi connectivity index (χ0n) is 11.2. The maximum absolute atomic E-state index is 11.9. The normalized spacial score (nSPS) is 21.3. The second-order valence-corrected chi connectivity index (χ2v) is 6.57. The van der Waals surface area contributed by atoms with Crippen molar-refractivity contribution < 1.29 is 8.95 Å². The first-order valence-corrected chi connectivity index (χ1v) is 8.28. The highest BCUT2D eigenvalue weighted by atomic mass is 32.2. The molecule has 0 aromatic heterocycles. The van der Waals surface area contributed by atoms with Gasteiger partial charge in [0.2, 0.25) is 0 Å². The Hall–Kier alpha value is 0.0700. The predicted octanol–water partition coefficient (Wildman–Crippen LogP) is 1.94. The van der Waals surface area contributed by atoms with E-state index in [0.29, 0.717) is 6.04 Å². The Morgan fingerprint density at radius 1 is 1.35 bits per heavy atom. The number of ether oxygens (including phenoxy) is 1. The molecule has 17 heavy (non-hydrogen) atoms. The fourth-order valence-electron chi connectivity index (χ4n) is 2.64. The Balaban J connectivity index is 2.27. The maximum atomic E-state index is 11.9. The SMILES string of the molecule is CNC(CS(=O)CCCOC)C1CCCCC1. The summed E-state index contributed by atoms with van der Waals surface area (Å²) >= 11 is 0. The van der Waals surface area contributed by atoms with Crippen LogP contribution in [0, 0.1) is 5.92 Å². The average molecular weight is 261 g/mol. The van der Waals surface area contributed by atoms with E-state index >= 15 is 0 Å². The molecule has 1 fully saturated rings. The second-order valence-electron chi connectivity index (χ2n) is 4.95.